The molecule has 0 bridgehead atoms. The summed E-state index contributed by atoms with van der Waals surface area (Å²) in [5, 5.41) is 5.69. The third kappa shape index (κ3) is 1.58. The van der Waals surface area contributed by atoms with Crippen molar-refractivity contribution in [3.05, 3.63) is 36.0 Å². The Bertz CT molecular complexity index is 91.8. The smallest absolute Gasteiger partial charge is 0.0241 e. The van der Waals surface area contributed by atoms with Crippen LogP contribution in [0.2, 0.25) is 0 Å². The molecule has 0 radical (unpaired) electrons. The number of rotatable bonds is 3. The SMILES string of the molecule is C=CS(C)(C=C)C=C. The van der Waals surface area contributed by atoms with Gasteiger partial charge in [-0.25, -0.2) is 0 Å². The highest BCUT2D eigenvalue weighted by molar-refractivity contribution is 8.40. The molecule has 0 aliphatic heterocycles. The first-order valence-corrected chi connectivity index (χ1v) is 4.57. The summed E-state index contributed by atoms with van der Waals surface area (Å²) in [5.74, 6) is 0. The van der Waals surface area contributed by atoms with Crippen molar-refractivity contribution in [3.8, 4) is 0 Å². The van der Waals surface area contributed by atoms with Crippen molar-refractivity contribution in [1.82, 2.24) is 0 Å². The van der Waals surface area contributed by atoms with Crippen LogP contribution in [0.15, 0.2) is 36.0 Å². The van der Waals surface area contributed by atoms with Crippen molar-refractivity contribution in [2.24, 2.45) is 0 Å². The molecule has 0 unspecified atom stereocenters. The summed E-state index contributed by atoms with van der Waals surface area (Å²) in [4.78, 5) is 0. The predicted molar refractivity (Wildman–Crippen MR) is 44.1 cm³/mol. The molecule has 0 saturated carbocycles. The molecule has 0 amide bonds. The lowest BCUT2D eigenvalue weighted by Gasteiger charge is -2.20. The fourth-order valence-electron chi connectivity index (χ4n) is 0.204. The van der Waals surface area contributed by atoms with E-state index in [0.717, 1.165) is 0 Å². The second-order valence-corrected chi connectivity index (χ2v) is 4.85. The Balaban J connectivity index is 4.18. The van der Waals surface area contributed by atoms with E-state index in [4.69, 9.17) is 0 Å². The van der Waals surface area contributed by atoms with Gasteiger partial charge >= 0.3 is 0 Å². The maximum atomic E-state index is 3.67. The minimum Gasteiger partial charge on any atom is -0.185 e. The molecule has 0 aromatic heterocycles. The van der Waals surface area contributed by atoms with Crippen LogP contribution in [0.5, 0.6) is 0 Å². The summed E-state index contributed by atoms with van der Waals surface area (Å²) < 4.78 is 0. The van der Waals surface area contributed by atoms with E-state index in [1.165, 1.54) is 0 Å². The summed E-state index contributed by atoms with van der Waals surface area (Å²) in [7, 11) is -0.861. The minimum atomic E-state index is -0.861. The largest absolute Gasteiger partial charge is 0.185 e. The fourth-order valence-corrected chi connectivity index (χ4v) is 0.612. The van der Waals surface area contributed by atoms with E-state index in [1.807, 2.05) is 16.2 Å². The highest BCUT2D eigenvalue weighted by atomic mass is 32.3. The molecular weight excluding hydrogens is 116 g/mol. The molecular formula is C7H12S. The van der Waals surface area contributed by atoms with Gasteiger partial charge in [-0.2, -0.15) is 10.0 Å². The summed E-state index contributed by atoms with van der Waals surface area (Å²) in [6.45, 7) is 11.0. The van der Waals surface area contributed by atoms with Gasteiger partial charge in [0.25, 0.3) is 0 Å². The van der Waals surface area contributed by atoms with Crippen LogP contribution in [-0.4, -0.2) is 6.26 Å². The van der Waals surface area contributed by atoms with Crippen molar-refractivity contribution in [2.45, 2.75) is 0 Å². The molecule has 0 nitrogen and oxygen atoms in total. The van der Waals surface area contributed by atoms with E-state index in [2.05, 4.69) is 26.0 Å². The first kappa shape index (κ1) is 7.57. The van der Waals surface area contributed by atoms with Crippen molar-refractivity contribution < 1.29 is 0 Å². The second kappa shape index (κ2) is 2.78. The minimum absolute atomic E-state index is 0.861. The topological polar surface area (TPSA) is 0 Å². The average Bonchev–Trinajstić information content (AvgIpc) is 1.87. The zero-order chi connectivity index (χ0) is 6.62. The van der Waals surface area contributed by atoms with Gasteiger partial charge in [0.1, 0.15) is 0 Å². The van der Waals surface area contributed by atoms with Gasteiger partial charge in [-0.1, -0.05) is 19.7 Å². The second-order valence-electron chi connectivity index (χ2n) is 1.62. The van der Waals surface area contributed by atoms with Crippen LogP contribution >= 0.6 is 10.0 Å². The molecule has 0 rings (SSSR count). The first-order valence-electron chi connectivity index (χ1n) is 2.34. The van der Waals surface area contributed by atoms with Crippen molar-refractivity contribution in [3.63, 3.8) is 0 Å². The van der Waals surface area contributed by atoms with Gasteiger partial charge in [-0.3, -0.25) is 0 Å². The third-order valence-electron chi connectivity index (χ3n) is 1.08. The first-order chi connectivity index (χ1) is 3.68. The van der Waals surface area contributed by atoms with Crippen LogP contribution in [0.1, 0.15) is 0 Å². The highest BCUT2D eigenvalue weighted by Crippen LogP contribution is 2.46. The van der Waals surface area contributed by atoms with Crippen molar-refractivity contribution in [1.29, 1.82) is 0 Å². The summed E-state index contributed by atoms with van der Waals surface area (Å²) >= 11 is 0. The van der Waals surface area contributed by atoms with Gasteiger partial charge in [0.05, 0.1) is 0 Å². The van der Waals surface area contributed by atoms with Gasteiger partial charge in [0, 0.05) is 0 Å². The molecule has 0 aliphatic carbocycles. The van der Waals surface area contributed by atoms with E-state index in [9.17, 15) is 0 Å². The Labute approximate surface area is 52.9 Å². The van der Waals surface area contributed by atoms with Crippen LogP contribution in [0, 0.1) is 0 Å². The Morgan fingerprint density at radius 3 is 1.25 bits per heavy atom. The average molecular weight is 128 g/mol. The lowest BCUT2D eigenvalue weighted by atomic mass is 11.2. The Kier molecular flexibility index (Phi) is 2.63. The molecule has 46 valence electrons. The number of hydrogen-bond acceptors (Lipinski definition) is 0. The quantitative estimate of drug-likeness (QED) is 0.548. The lowest BCUT2D eigenvalue weighted by Crippen LogP contribution is -1.78. The summed E-state index contributed by atoms with van der Waals surface area (Å²) in [5.41, 5.74) is 0. The predicted octanol–water partition coefficient (Wildman–Crippen LogP) is 2.85. The Morgan fingerprint density at radius 1 is 1.00 bits per heavy atom. The standard InChI is InChI=1S/C7H12S/c1-5-8(4,6-2)7-3/h5-7H,1-3H2,4H3. The van der Waals surface area contributed by atoms with E-state index in [1.54, 1.807) is 0 Å². The Morgan fingerprint density at radius 2 is 1.25 bits per heavy atom. The van der Waals surface area contributed by atoms with Crippen molar-refractivity contribution in [2.75, 3.05) is 6.26 Å². The molecule has 0 fully saturated rings. The molecule has 0 aliphatic rings. The zero-order valence-electron chi connectivity index (χ0n) is 5.26. The van der Waals surface area contributed by atoms with Crippen LogP contribution in [0.4, 0.5) is 0 Å². The molecule has 1 heteroatoms. The summed E-state index contributed by atoms with van der Waals surface area (Å²) in [6, 6.07) is 0. The van der Waals surface area contributed by atoms with Gasteiger partial charge in [0.2, 0.25) is 0 Å². The zero-order valence-corrected chi connectivity index (χ0v) is 6.08. The summed E-state index contributed by atoms with van der Waals surface area (Å²) in [6.07, 6.45) is 2.08. The van der Waals surface area contributed by atoms with E-state index >= 15 is 0 Å². The molecule has 0 aromatic carbocycles. The third-order valence-corrected chi connectivity index (χ3v) is 3.23. The molecule has 0 spiro atoms. The molecule has 0 atom stereocenters. The monoisotopic (exact) mass is 128 g/mol. The van der Waals surface area contributed by atoms with E-state index < -0.39 is 10.0 Å². The van der Waals surface area contributed by atoms with Crippen molar-refractivity contribution >= 4 is 10.0 Å². The van der Waals surface area contributed by atoms with E-state index in [-0.39, 0.29) is 0 Å². The van der Waals surface area contributed by atoms with Crippen LogP contribution < -0.4 is 0 Å². The van der Waals surface area contributed by atoms with Crippen LogP contribution in [0.3, 0.4) is 0 Å². The highest BCUT2D eigenvalue weighted by Gasteiger charge is 1.99. The molecule has 8 heavy (non-hydrogen) atoms. The molecule has 0 N–H and O–H groups in total. The normalized spacial score (nSPS) is 12.1. The van der Waals surface area contributed by atoms with E-state index in [0.29, 0.717) is 0 Å². The molecule has 0 aromatic rings. The van der Waals surface area contributed by atoms with Gasteiger partial charge in [0.15, 0.2) is 0 Å². The molecule has 0 heterocycles. The van der Waals surface area contributed by atoms with Gasteiger partial charge < -0.3 is 0 Å². The molecule has 0 saturated heterocycles. The maximum Gasteiger partial charge on any atom is -0.0241 e. The Hall–Kier alpha value is -0.430. The van der Waals surface area contributed by atoms with Gasteiger partial charge in [-0.15, -0.1) is 0 Å². The van der Waals surface area contributed by atoms with Crippen LogP contribution in [-0.2, 0) is 0 Å². The number of hydrogen-bond donors (Lipinski definition) is 0. The van der Waals surface area contributed by atoms with Crippen LogP contribution in [0.25, 0.3) is 0 Å². The fraction of sp³-hybridized carbons (Fsp3) is 0.143. The van der Waals surface area contributed by atoms with Gasteiger partial charge in [-0.05, 0) is 22.5 Å². The lowest BCUT2D eigenvalue weighted by molar-refractivity contribution is 2.24. The maximum absolute atomic E-state index is 3.67.